The quantitative estimate of drug-likeness (QED) is 0.405. The Morgan fingerprint density at radius 2 is 1.76 bits per heavy atom. The van der Waals surface area contributed by atoms with Crippen LogP contribution in [0, 0.1) is 6.92 Å². The van der Waals surface area contributed by atoms with Crippen molar-refractivity contribution in [2.45, 2.75) is 58.0 Å². The van der Waals surface area contributed by atoms with E-state index >= 15 is 0 Å². The fourth-order valence-electron chi connectivity index (χ4n) is 7.56. The van der Waals surface area contributed by atoms with Crippen LogP contribution in [0.2, 0.25) is 0 Å². The maximum Gasteiger partial charge on any atom is 0.257 e. The van der Waals surface area contributed by atoms with Gasteiger partial charge in [0.05, 0.1) is 17.8 Å². The standard InChI is InChI=1S/C36H46N6O4/c1-24-28-6-4-5-7-29(28)31(35(43)38-24)23-40(3)36(44)30-20-26(25-8-9-33(37-22-25)41-14-12-39(2)13-15-41)21-32-34(30)46-19-16-42(32)27-10-17-45-18-11-27/h8-9,20-22,27H,4-7,10-19,23H2,1-3H3,(H,38,43)/p-1. The van der Waals surface area contributed by atoms with Crippen LogP contribution in [0.25, 0.3) is 11.1 Å². The molecular formula is C36H45N6O4-. The second kappa shape index (κ2) is 13.1. The third kappa shape index (κ3) is 6.00. The number of benzene rings is 1. The van der Waals surface area contributed by atoms with Crippen molar-refractivity contribution in [1.82, 2.24) is 19.8 Å². The van der Waals surface area contributed by atoms with Gasteiger partial charge in [0.1, 0.15) is 12.4 Å². The summed E-state index contributed by atoms with van der Waals surface area (Å²) < 4.78 is 12.0. The predicted octanol–water partition coefficient (Wildman–Crippen LogP) is 3.81. The molecule has 0 N–H and O–H groups in total. The van der Waals surface area contributed by atoms with E-state index in [0.29, 0.717) is 29.5 Å². The smallest absolute Gasteiger partial charge is 0.257 e. The molecule has 3 aromatic rings. The first kappa shape index (κ1) is 30.7. The number of fused-ring (bicyclic) bond motifs is 2. The summed E-state index contributed by atoms with van der Waals surface area (Å²) in [6, 6.07) is 8.61. The third-order valence-electron chi connectivity index (χ3n) is 10.3. The van der Waals surface area contributed by atoms with Crippen molar-refractivity contribution >= 4 is 17.4 Å². The summed E-state index contributed by atoms with van der Waals surface area (Å²) in [5, 5.41) is 13.2. The molecule has 1 amide bonds. The van der Waals surface area contributed by atoms with Crippen LogP contribution in [0.5, 0.6) is 11.6 Å². The molecular weight excluding hydrogens is 580 g/mol. The minimum absolute atomic E-state index is 0.168. The summed E-state index contributed by atoms with van der Waals surface area (Å²) in [5.41, 5.74) is 7.08. The number of hydrogen-bond donors (Lipinski definition) is 0. The number of hydrogen-bond acceptors (Lipinski definition) is 9. The summed E-state index contributed by atoms with van der Waals surface area (Å²) in [6.45, 7) is 8.82. The van der Waals surface area contributed by atoms with Gasteiger partial charge in [-0.3, -0.25) is 9.78 Å². The second-order valence-electron chi connectivity index (χ2n) is 13.3. The fourth-order valence-corrected chi connectivity index (χ4v) is 7.56. The lowest BCUT2D eigenvalue weighted by Gasteiger charge is -2.40. The van der Waals surface area contributed by atoms with Crippen LogP contribution in [-0.4, -0.2) is 98.4 Å². The maximum absolute atomic E-state index is 14.4. The molecule has 10 heteroatoms. The van der Waals surface area contributed by atoms with Gasteiger partial charge in [0.2, 0.25) is 0 Å². The number of rotatable bonds is 6. The molecule has 1 aliphatic carbocycles. The van der Waals surface area contributed by atoms with Gasteiger partial charge in [-0.1, -0.05) is 0 Å². The van der Waals surface area contributed by atoms with Crippen LogP contribution in [0.3, 0.4) is 0 Å². The van der Waals surface area contributed by atoms with Crippen molar-refractivity contribution in [1.29, 1.82) is 0 Å². The normalized spacial score (nSPS) is 18.9. The van der Waals surface area contributed by atoms with Crippen molar-refractivity contribution in [3.63, 3.8) is 0 Å². The number of piperazine rings is 1. The van der Waals surface area contributed by atoms with E-state index in [-0.39, 0.29) is 18.3 Å². The molecule has 0 unspecified atom stereocenters. The fraction of sp³-hybridized carbons (Fsp3) is 0.528. The SMILES string of the molecule is Cc1nc([O-])c(CN(C)C(=O)c2cc(-c3ccc(N4CCN(C)CC4)nc3)cc3c2OCCN3C2CCOCC2)c2c1CCCC2. The zero-order valence-corrected chi connectivity index (χ0v) is 27.4. The van der Waals surface area contributed by atoms with Crippen molar-refractivity contribution in [2.75, 3.05) is 76.4 Å². The van der Waals surface area contributed by atoms with E-state index in [0.717, 1.165) is 118 Å². The Kier molecular flexibility index (Phi) is 8.74. The Morgan fingerprint density at radius 3 is 2.50 bits per heavy atom. The molecule has 46 heavy (non-hydrogen) atoms. The number of aromatic nitrogens is 2. The van der Waals surface area contributed by atoms with E-state index in [1.165, 1.54) is 5.56 Å². The average Bonchev–Trinajstić information content (AvgIpc) is 3.09. The second-order valence-corrected chi connectivity index (χ2v) is 13.3. The maximum atomic E-state index is 14.4. The van der Waals surface area contributed by atoms with Gasteiger partial charge < -0.3 is 34.2 Å². The van der Waals surface area contributed by atoms with E-state index in [9.17, 15) is 9.90 Å². The Labute approximate surface area is 271 Å². The van der Waals surface area contributed by atoms with E-state index in [2.05, 4.69) is 44.9 Å². The van der Waals surface area contributed by atoms with Gasteiger partial charge in [-0.2, -0.15) is 0 Å². The lowest BCUT2D eigenvalue weighted by atomic mass is 9.87. The highest BCUT2D eigenvalue weighted by molar-refractivity contribution is 6.01. The van der Waals surface area contributed by atoms with E-state index in [1.807, 2.05) is 19.2 Å². The molecule has 5 heterocycles. The zero-order chi connectivity index (χ0) is 31.8. The minimum Gasteiger partial charge on any atom is -0.858 e. The largest absolute Gasteiger partial charge is 0.858 e. The number of ether oxygens (including phenoxy) is 2. The number of carbonyl (C=O) groups excluding carboxylic acids is 1. The summed E-state index contributed by atoms with van der Waals surface area (Å²) in [6.07, 6.45) is 7.74. The van der Waals surface area contributed by atoms with Gasteiger partial charge in [-0.25, -0.2) is 4.98 Å². The molecule has 0 bridgehead atoms. The third-order valence-corrected chi connectivity index (χ3v) is 10.3. The zero-order valence-electron chi connectivity index (χ0n) is 27.4. The average molecular weight is 626 g/mol. The molecule has 10 nitrogen and oxygen atoms in total. The highest BCUT2D eigenvalue weighted by atomic mass is 16.5. The van der Waals surface area contributed by atoms with Gasteiger partial charge in [0.25, 0.3) is 5.91 Å². The number of carbonyl (C=O) groups is 1. The summed E-state index contributed by atoms with van der Waals surface area (Å²) in [7, 11) is 3.93. The molecule has 1 aromatic carbocycles. The Balaban J connectivity index is 1.24. The number of nitrogens with zero attached hydrogens (tertiary/aromatic N) is 6. The number of anilines is 2. The predicted molar refractivity (Wildman–Crippen MR) is 177 cm³/mol. The summed E-state index contributed by atoms with van der Waals surface area (Å²) in [4.78, 5) is 32.3. The first-order valence-corrected chi connectivity index (χ1v) is 16.9. The molecule has 2 aromatic heterocycles. The molecule has 0 spiro atoms. The molecule has 2 saturated heterocycles. The van der Waals surface area contributed by atoms with Crippen molar-refractivity contribution in [3.05, 3.63) is 58.4 Å². The first-order valence-electron chi connectivity index (χ1n) is 16.9. The van der Waals surface area contributed by atoms with Crippen molar-refractivity contribution in [3.8, 4) is 22.8 Å². The van der Waals surface area contributed by atoms with Gasteiger partial charge in [0.15, 0.2) is 5.75 Å². The number of likely N-dealkylation sites (N-methyl/N-ethyl adjacent to an activating group) is 1. The van der Waals surface area contributed by atoms with Crippen LogP contribution >= 0.6 is 0 Å². The highest BCUT2D eigenvalue weighted by Gasteiger charge is 2.32. The highest BCUT2D eigenvalue weighted by Crippen LogP contribution is 2.42. The monoisotopic (exact) mass is 625 g/mol. The summed E-state index contributed by atoms with van der Waals surface area (Å²) >= 11 is 0. The Hall–Kier alpha value is -3.89. The molecule has 3 aliphatic heterocycles. The molecule has 2 fully saturated rings. The topological polar surface area (TPSA) is 97.3 Å². The van der Waals surface area contributed by atoms with Gasteiger partial charge in [-0.15, -0.1) is 0 Å². The molecule has 0 atom stereocenters. The van der Waals surface area contributed by atoms with E-state index in [1.54, 1.807) is 11.9 Å². The Morgan fingerprint density at radius 1 is 1.00 bits per heavy atom. The van der Waals surface area contributed by atoms with Gasteiger partial charge >= 0.3 is 0 Å². The van der Waals surface area contributed by atoms with Crippen molar-refractivity contribution in [2.24, 2.45) is 0 Å². The molecule has 4 aliphatic rings. The number of aryl methyl sites for hydroxylation is 1. The van der Waals surface area contributed by atoms with Gasteiger partial charge in [-0.05, 0) is 105 Å². The molecule has 0 saturated carbocycles. The van der Waals surface area contributed by atoms with Crippen molar-refractivity contribution < 1.29 is 19.4 Å². The minimum atomic E-state index is -0.220. The lowest BCUT2D eigenvalue weighted by Crippen LogP contribution is -2.44. The lowest BCUT2D eigenvalue weighted by molar-refractivity contribution is -0.276. The van der Waals surface area contributed by atoms with Crippen LogP contribution in [-0.2, 0) is 24.1 Å². The van der Waals surface area contributed by atoms with Gasteiger partial charge in [0, 0.05) is 76.5 Å². The van der Waals surface area contributed by atoms with Crippen LogP contribution in [0.1, 0.15) is 58.4 Å². The van der Waals surface area contributed by atoms with Crippen LogP contribution in [0.4, 0.5) is 11.5 Å². The summed E-state index contributed by atoms with van der Waals surface area (Å²) in [5.74, 6) is 1.20. The Bertz CT molecular complexity index is 1580. The van der Waals surface area contributed by atoms with E-state index in [4.69, 9.17) is 14.5 Å². The van der Waals surface area contributed by atoms with E-state index < -0.39 is 0 Å². The first-order chi connectivity index (χ1) is 22.4. The molecule has 7 rings (SSSR count). The number of pyridine rings is 2. The van der Waals surface area contributed by atoms with Crippen LogP contribution in [0.15, 0.2) is 30.5 Å². The number of amides is 1. The molecule has 0 radical (unpaired) electrons. The van der Waals surface area contributed by atoms with Crippen LogP contribution < -0.4 is 19.6 Å². The molecule has 244 valence electrons.